The maximum atomic E-state index is 14.0. The number of halogens is 2. The van der Waals surface area contributed by atoms with E-state index in [4.69, 9.17) is 11.6 Å². The zero-order valence-corrected chi connectivity index (χ0v) is 13.7. The first-order valence-corrected chi connectivity index (χ1v) is 8.28. The quantitative estimate of drug-likeness (QED) is 0.537. The summed E-state index contributed by atoms with van der Waals surface area (Å²) in [6.45, 7) is 0. The van der Waals surface area contributed by atoms with E-state index >= 15 is 0 Å². The molecular weight excluding hydrogens is 349 g/mol. The third-order valence-corrected chi connectivity index (χ3v) is 4.73. The Hall–Kier alpha value is -2.57. The third kappa shape index (κ3) is 2.40. The van der Waals surface area contributed by atoms with Gasteiger partial charge in [0.25, 0.3) is 5.56 Å². The normalized spacial score (nSPS) is 11.1. The van der Waals surface area contributed by atoms with Crippen LogP contribution in [0.2, 0.25) is 5.02 Å². The zero-order valence-electron chi connectivity index (χ0n) is 12.1. The second-order valence-corrected chi connectivity index (χ2v) is 6.30. The maximum Gasteiger partial charge on any atom is 0.284 e. The Morgan fingerprint density at radius 2 is 1.96 bits per heavy atom. The van der Waals surface area contributed by atoms with E-state index in [2.05, 4.69) is 10.1 Å². The lowest BCUT2D eigenvalue weighted by Crippen LogP contribution is -2.21. The van der Waals surface area contributed by atoms with Gasteiger partial charge in [-0.25, -0.2) is 9.37 Å². The summed E-state index contributed by atoms with van der Waals surface area (Å²) in [5.74, 6) is -0.573. The van der Waals surface area contributed by atoms with Gasteiger partial charge in [0.1, 0.15) is 5.82 Å². The fraction of sp³-hybridized carbons (Fsp3) is 0. The first-order chi connectivity index (χ1) is 11.6. The number of aromatic nitrogens is 3. The average molecular weight is 358 g/mol. The molecule has 0 bridgehead atoms. The van der Waals surface area contributed by atoms with Crippen LogP contribution in [0.5, 0.6) is 0 Å². The Balaban J connectivity index is 1.88. The van der Waals surface area contributed by atoms with Crippen LogP contribution >= 0.6 is 22.9 Å². The smallest absolute Gasteiger partial charge is 0.266 e. The molecule has 0 aliphatic rings. The third-order valence-electron chi connectivity index (χ3n) is 3.59. The van der Waals surface area contributed by atoms with Crippen molar-refractivity contribution in [3.05, 3.63) is 75.2 Å². The molecule has 0 atom stereocenters. The highest BCUT2D eigenvalue weighted by molar-refractivity contribution is 7.12. The summed E-state index contributed by atoms with van der Waals surface area (Å²) in [5.41, 5.74) is 0.871. The molecular formula is C17H9ClFN3OS. The Bertz CT molecular complexity index is 1120. The van der Waals surface area contributed by atoms with Crippen LogP contribution in [0.4, 0.5) is 4.39 Å². The van der Waals surface area contributed by atoms with Gasteiger partial charge in [-0.05, 0) is 12.1 Å². The number of benzene rings is 2. The fourth-order valence-electron chi connectivity index (χ4n) is 2.44. The van der Waals surface area contributed by atoms with Crippen molar-refractivity contribution in [3.63, 3.8) is 0 Å². The molecule has 0 N–H and O–H groups in total. The Morgan fingerprint density at radius 3 is 2.79 bits per heavy atom. The molecule has 2 aromatic heterocycles. The summed E-state index contributed by atoms with van der Waals surface area (Å²) in [5, 5.41) is 7.28. The van der Waals surface area contributed by atoms with Crippen molar-refractivity contribution in [1.82, 2.24) is 14.8 Å². The zero-order chi connectivity index (χ0) is 16.7. The van der Waals surface area contributed by atoms with Gasteiger partial charge in [0, 0.05) is 21.4 Å². The van der Waals surface area contributed by atoms with Crippen LogP contribution < -0.4 is 5.56 Å². The van der Waals surface area contributed by atoms with Crippen LogP contribution in [0.1, 0.15) is 0 Å². The first-order valence-electron chi connectivity index (χ1n) is 7.02. The van der Waals surface area contributed by atoms with Gasteiger partial charge in [0.05, 0.1) is 17.3 Å². The molecule has 7 heteroatoms. The predicted octanol–water partition coefficient (Wildman–Crippen LogP) is 4.30. The summed E-state index contributed by atoms with van der Waals surface area (Å²) in [6, 6.07) is 11.7. The Morgan fingerprint density at radius 1 is 1.12 bits per heavy atom. The molecule has 4 nitrogen and oxygen atoms in total. The van der Waals surface area contributed by atoms with E-state index in [1.807, 2.05) is 18.2 Å². The highest BCUT2D eigenvalue weighted by Gasteiger charge is 2.14. The van der Waals surface area contributed by atoms with Crippen LogP contribution in [0.3, 0.4) is 0 Å². The molecule has 0 aliphatic carbocycles. The fourth-order valence-corrected chi connectivity index (χ4v) is 3.45. The molecule has 4 rings (SSSR count). The second-order valence-electron chi connectivity index (χ2n) is 5.06. The van der Waals surface area contributed by atoms with Crippen LogP contribution in [-0.4, -0.2) is 14.8 Å². The van der Waals surface area contributed by atoms with Crippen molar-refractivity contribution in [2.24, 2.45) is 0 Å². The lowest BCUT2D eigenvalue weighted by Gasteiger charge is -2.03. The molecule has 0 spiro atoms. The van der Waals surface area contributed by atoms with Gasteiger partial charge in [0.15, 0.2) is 0 Å². The lowest BCUT2D eigenvalue weighted by molar-refractivity contribution is 0.636. The molecule has 0 unspecified atom stereocenters. The molecule has 0 saturated heterocycles. The molecule has 2 aromatic carbocycles. The van der Waals surface area contributed by atoms with Gasteiger partial charge in [-0.3, -0.25) is 4.79 Å². The van der Waals surface area contributed by atoms with Crippen molar-refractivity contribution >= 4 is 33.7 Å². The molecule has 0 amide bonds. The highest BCUT2D eigenvalue weighted by Crippen LogP contribution is 2.29. The number of rotatable bonds is 2. The maximum absolute atomic E-state index is 14.0. The lowest BCUT2D eigenvalue weighted by atomic mass is 10.2. The van der Waals surface area contributed by atoms with Crippen molar-refractivity contribution < 1.29 is 4.39 Å². The standard InChI is InChI=1S/C17H9ClFN3OS/c18-12-6-2-1-5-11(12)14-9-24-17(21-14)22-16(23)15-10(8-20-22)4-3-7-13(15)19/h1-9H. The van der Waals surface area contributed by atoms with Gasteiger partial charge < -0.3 is 0 Å². The van der Waals surface area contributed by atoms with Gasteiger partial charge >= 0.3 is 0 Å². The summed E-state index contributed by atoms with van der Waals surface area (Å²) in [4.78, 5) is 17.0. The minimum absolute atomic E-state index is 0.00185. The summed E-state index contributed by atoms with van der Waals surface area (Å²) >= 11 is 7.42. The summed E-state index contributed by atoms with van der Waals surface area (Å²) in [7, 11) is 0. The van der Waals surface area contributed by atoms with E-state index < -0.39 is 11.4 Å². The second kappa shape index (κ2) is 5.81. The topological polar surface area (TPSA) is 47.8 Å². The first kappa shape index (κ1) is 15.0. The van der Waals surface area contributed by atoms with Crippen LogP contribution in [0, 0.1) is 5.82 Å². The monoisotopic (exact) mass is 357 g/mol. The predicted molar refractivity (Wildman–Crippen MR) is 93.4 cm³/mol. The van der Waals surface area contributed by atoms with Crippen LogP contribution in [0.15, 0.2) is 58.8 Å². The van der Waals surface area contributed by atoms with E-state index in [9.17, 15) is 9.18 Å². The molecule has 24 heavy (non-hydrogen) atoms. The van der Waals surface area contributed by atoms with Gasteiger partial charge in [-0.15, -0.1) is 11.3 Å². The van der Waals surface area contributed by atoms with E-state index in [-0.39, 0.29) is 5.39 Å². The number of hydrogen-bond acceptors (Lipinski definition) is 4. The number of thiazole rings is 1. The summed E-state index contributed by atoms with van der Waals surface area (Å²) < 4.78 is 15.1. The average Bonchev–Trinajstić information content (AvgIpc) is 3.05. The molecule has 0 saturated carbocycles. The minimum atomic E-state index is -0.573. The van der Waals surface area contributed by atoms with Gasteiger partial charge in [0.2, 0.25) is 5.13 Å². The van der Waals surface area contributed by atoms with Gasteiger partial charge in [-0.1, -0.05) is 41.9 Å². The molecule has 118 valence electrons. The van der Waals surface area contributed by atoms with E-state index in [1.165, 1.54) is 23.6 Å². The SMILES string of the molecule is O=c1c2c(F)cccc2cnn1-c1nc(-c2ccccc2Cl)cs1. The van der Waals surface area contributed by atoms with Crippen LogP contribution in [-0.2, 0) is 0 Å². The van der Waals surface area contributed by atoms with Crippen molar-refractivity contribution in [1.29, 1.82) is 0 Å². The minimum Gasteiger partial charge on any atom is -0.266 e. The van der Waals surface area contributed by atoms with E-state index in [0.717, 1.165) is 10.2 Å². The van der Waals surface area contributed by atoms with E-state index in [1.54, 1.807) is 23.6 Å². The molecule has 4 aromatic rings. The van der Waals surface area contributed by atoms with Gasteiger partial charge in [-0.2, -0.15) is 9.78 Å². The molecule has 0 radical (unpaired) electrons. The Labute approximate surface area is 144 Å². The van der Waals surface area contributed by atoms with E-state index in [0.29, 0.717) is 21.2 Å². The molecule has 2 heterocycles. The molecule has 0 aliphatic heterocycles. The van der Waals surface area contributed by atoms with Crippen LogP contribution in [0.25, 0.3) is 27.2 Å². The number of hydrogen-bond donors (Lipinski definition) is 0. The number of fused-ring (bicyclic) bond motifs is 1. The van der Waals surface area contributed by atoms with Crippen molar-refractivity contribution in [3.8, 4) is 16.4 Å². The number of nitrogens with zero attached hydrogens (tertiary/aromatic N) is 3. The largest absolute Gasteiger partial charge is 0.284 e. The molecule has 0 fully saturated rings. The summed E-state index contributed by atoms with van der Waals surface area (Å²) in [6.07, 6.45) is 1.45. The van der Waals surface area contributed by atoms with Crippen molar-refractivity contribution in [2.45, 2.75) is 0 Å². The van der Waals surface area contributed by atoms with Crippen molar-refractivity contribution in [2.75, 3.05) is 0 Å². The highest BCUT2D eigenvalue weighted by atomic mass is 35.5. The Kier molecular flexibility index (Phi) is 3.63.